The van der Waals surface area contributed by atoms with Gasteiger partial charge in [0.15, 0.2) is 0 Å². The fourth-order valence-corrected chi connectivity index (χ4v) is 3.26. The predicted octanol–water partition coefficient (Wildman–Crippen LogP) is 1.62. The topological polar surface area (TPSA) is 53.0 Å². The number of thiophene rings is 1. The van der Waals surface area contributed by atoms with Crippen LogP contribution in [-0.2, 0) is 16.1 Å². The van der Waals surface area contributed by atoms with Gasteiger partial charge < -0.3 is 9.84 Å². The zero-order valence-electron chi connectivity index (χ0n) is 11.4. The number of rotatable bonds is 6. The minimum Gasteiger partial charge on any atom is -0.480 e. The van der Waals surface area contributed by atoms with Gasteiger partial charge in [0, 0.05) is 26.2 Å². The summed E-state index contributed by atoms with van der Waals surface area (Å²) in [6, 6.07) is 2.05. The van der Waals surface area contributed by atoms with Crippen LogP contribution in [0.5, 0.6) is 0 Å². The van der Waals surface area contributed by atoms with Crippen molar-refractivity contribution in [1.82, 2.24) is 9.80 Å². The lowest BCUT2D eigenvalue weighted by Crippen LogP contribution is -2.47. The van der Waals surface area contributed by atoms with Gasteiger partial charge in [-0.25, -0.2) is 0 Å². The number of likely N-dealkylation sites (N-methyl/N-ethyl adjacent to an activating group) is 1. The van der Waals surface area contributed by atoms with E-state index >= 15 is 0 Å². The third-order valence-corrected chi connectivity index (χ3v) is 4.48. The van der Waals surface area contributed by atoms with Crippen molar-refractivity contribution in [2.75, 3.05) is 39.8 Å². The second-order valence-electron chi connectivity index (χ2n) is 5.04. The van der Waals surface area contributed by atoms with E-state index in [4.69, 9.17) is 21.4 Å². The molecule has 112 valence electrons. The molecule has 0 bridgehead atoms. The summed E-state index contributed by atoms with van der Waals surface area (Å²) in [7, 11) is 1.80. The maximum absolute atomic E-state index is 10.7. The second kappa shape index (κ2) is 7.38. The van der Waals surface area contributed by atoms with Crippen molar-refractivity contribution in [3.63, 3.8) is 0 Å². The maximum Gasteiger partial charge on any atom is 0.317 e. The summed E-state index contributed by atoms with van der Waals surface area (Å²) in [5.74, 6) is -0.815. The molecule has 1 aliphatic heterocycles. The Balaban J connectivity index is 1.82. The zero-order valence-corrected chi connectivity index (χ0v) is 13.0. The SMILES string of the molecule is CN(CC(=O)O)CC1CN(Cc2ccsc2Cl)CCO1. The summed E-state index contributed by atoms with van der Waals surface area (Å²) in [6.07, 6.45) is 0.0468. The molecular weight excluding hydrogens is 300 g/mol. The monoisotopic (exact) mass is 318 g/mol. The number of carbonyl (C=O) groups is 1. The molecule has 2 heterocycles. The van der Waals surface area contributed by atoms with Crippen LogP contribution in [0.3, 0.4) is 0 Å². The van der Waals surface area contributed by atoms with Crippen LogP contribution in [-0.4, -0.2) is 66.8 Å². The predicted molar refractivity (Wildman–Crippen MR) is 79.5 cm³/mol. The summed E-state index contributed by atoms with van der Waals surface area (Å²) >= 11 is 7.67. The molecule has 7 heteroatoms. The van der Waals surface area contributed by atoms with Gasteiger partial charge in [-0.1, -0.05) is 11.6 Å². The fourth-order valence-electron chi connectivity index (χ4n) is 2.35. The summed E-state index contributed by atoms with van der Waals surface area (Å²) in [4.78, 5) is 14.7. The lowest BCUT2D eigenvalue weighted by atomic mass is 10.2. The van der Waals surface area contributed by atoms with Crippen molar-refractivity contribution < 1.29 is 14.6 Å². The highest BCUT2D eigenvalue weighted by molar-refractivity contribution is 7.14. The number of halogens is 1. The van der Waals surface area contributed by atoms with Crippen LogP contribution in [0.1, 0.15) is 5.56 Å². The highest BCUT2D eigenvalue weighted by Gasteiger charge is 2.23. The molecule has 0 radical (unpaired) electrons. The van der Waals surface area contributed by atoms with Gasteiger partial charge in [0.2, 0.25) is 0 Å². The van der Waals surface area contributed by atoms with Gasteiger partial charge in [-0.3, -0.25) is 14.6 Å². The molecule has 0 amide bonds. The molecule has 1 fully saturated rings. The van der Waals surface area contributed by atoms with Crippen molar-refractivity contribution in [1.29, 1.82) is 0 Å². The molecule has 1 unspecified atom stereocenters. The number of carboxylic acids is 1. The first kappa shape index (κ1) is 15.7. The van der Waals surface area contributed by atoms with Gasteiger partial charge in [0.05, 0.1) is 23.6 Å². The van der Waals surface area contributed by atoms with Crippen molar-refractivity contribution in [3.05, 3.63) is 21.3 Å². The van der Waals surface area contributed by atoms with Gasteiger partial charge in [0.25, 0.3) is 0 Å². The molecule has 1 saturated heterocycles. The van der Waals surface area contributed by atoms with E-state index in [2.05, 4.69) is 4.90 Å². The molecule has 1 aliphatic rings. The quantitative estimate of drug-likeness (QED) is 0.864. The highest BCUT2D eigenvalue weighted by atomic mass is 35.5. The minimum atomic E-state index is -0.815. The van der Waals surface area contributed by atoms with Crippen LogP contribution in [0, 0.1) is 0 Å². The van der Waals surface area contributed by atoms with Crippen molar-refractivity contribution in [2.24, 2.45) is 0 Å². The standard InChI is InChI=1S/C13H19ClN2O3S/c1-15(9-12(17)18)7-11-8-16(3-4-19-11)6-10-2-5-20-13(10)14/h2,5,11H,3-4,6-9H2,1H3,(H,17,18). The van der Waals surface area contributed by atoms with E-state index in [1.165, 1.54) is 0 Å². The number of aliphatic carboxylic acids is 1. The smallest absolute Gasteiger partial charge is 0.317 e. The largest absolute Gasteiger partial charge is 0.480 e. The first-order chi connectivity index (χ1) is 9.54. The summed E-state index contributed by atoms with van der Waals surface area (Å²) < 4.78 is 6.55. The van der Waals surface area contributed by atoms with Gasteiger partial charge >= 0.3 is 5.97 Å². The van der Waals surface area contributed by atoms with E-state index in [1.54, 1.807) is 23.3 Å². The van der Waals surface area contributed by atoms with Crippen LogP contribution in [0.25, 0.3) is 0 Å². The van der Waals surface area contributed by atoms with Crippen molar-refractivity contribution in [3.8, 4) is 0 Å². The third-order valence-electron chi connectivity index (χ3n) is 3.23. The van der Waals surface area contributed by atoms with E-state index in [0.717, 1.165) is 29.5 Å². The lowest BCUT2D eigenvalue weighted by Gasteiger charge is -2.34. The highest BCUT2D eigenvalue weighted by Crippen LogP contribution is 2.24. The Bertz CT molecular complexity index is 455. The fraction of sp³-hybridized carbons (Fsp3) is 0.615. The summed E-state index contributed by atoms with van der Waals surface area (Å²) in [6.45, 7) is 3.84. The maximum atomic E-state index is 10.7. The van der Waals surface area contributed by atoms with Crippen LogP contribution < -0.4 is 0 Å². The molecule has 5 nitrogen and oxygen atoms in total. The first-order valence-electron chi connectivity index (χ1n) is 6.50. The van der Waals surface area contributed by atoms with Gasteiger partial charge in [-0.15, -0.1) is 11.3 Å². The van der Waals surface area contributed by atoms with Gasteiger partial charge in [-0.2, -0.15) is 0 Å². The third kappa shape index (κ3) is 4.71. The Morgan fingerprint density at radius 1 is 1.70 bits per heavy atom. The summed E-state index contributed by atoms with van der Waals surface area (Å²) in [5.41, 5.74) is 1.15. The molecule has 0 saturated carbocycles. The van der Waals surface area contributed by atoms with E-state index in [9.17, 15) is 4.79 Å². The Labute approximate surface area is 127 Å². The van der Waals surface area contributed by atoms with E-state index in [1.807, 2.05) is 11.4 Å². The lowest BCUT2D eigenvalue weighted by molar-refractivity contribution is -0.138. The number of carboxylic acid groups (broad SMARTS) is 1. The molecule has 1 atom stereocenters. The van der Waals surface area contributed by atoms with Crippen molar-refractivity contribution >= 4 is 28.9 Å². The Morgan fingerprint density at radius 3 is 3.15 bits per heavy atom. The van der Waals surface area contributed by atoms with Crippen LogP contribution >= 0.6 is 22.9 Å². The Hall–Kier alpha value is -0.660. The molecule has 2 rings (SSSR count). The van der Waals surface area contributed by atoms with E-state index in [-0.39, 0.29) is 12.6 Å². The minimum absolute atomic E-state index is 0.0379. The summed E-state index contributed by atoms with van der Waals surface area (Å²) in [5, 5.41) is 10.8. The average molecular weight is 319 g/mol. The molecule has 0 aliphatic carbocycles. The number of hydrogen-bond acceptors (Lipinski definition) is 5. The molecule has 1 N–H and O–H groups in total. The van der Waals surface area contributed by atoms with Gasteiger partial charge in [0.1, 0.15) is 0 Å². The first-order valence-corrected chi connectivity index (χ1v) is 7.76. The molecule has 1 aromatic heterocycles. The van der Waals surface area contributed by atoms with Crippen LogP contribution in [0.4, 0.5) is 0 Å². The van der Waals surface area contributed by atoms with Gasteiger partial charge in [-0.05, 0) is 24.1 Å². The average Bonchev–Trinajstić information content (AvgIpc) is 2.74. The van der Waals surface area contributed by atoms with E-state index < -0.39 is 5.97 Å². The molecule has 0 spiro atoms. The number of ether oxygens (including phenoxy) is 1. The Kier molecular flexibility index (Phi) is 5.80. The normalized spacial score (nSPS) is 20.4. The number of morpholine rings is 1. The number of nitrogens with zero attached hydrogens (tertiary/aromatic N) is 2. The second-order valence-corrected chi connectivity index (χ2v) is 6.56. The van der Waals surface area contributed by atoms with E-state index in [0.29, 0.717) is 13.2 Å². The number of hydrogen-bond donors (Lipinski definition) is 1. The molecule has 0 aromatic carbocycles. The molecule has 1 aromatic rings. The Morgan fingerprint density at radius 2 is 2.50 bits per heavy atom. The van der Waals surface area contributed by atoms with Crippen molar-refractivity contribution in [2.45, 2.75) is 12.6 Å². The molecule has 20 heavy (non-hydrogen) atoms. The molecular formula is C13H19ClN2O3S. The van der Waals surface area contributed by atoms with Crippen LogP contribution in [0.2, 0.25) is 4.34 Å². The zero-order chi connectivity index (χ0) is 14.5. The van der Waals surface area contributed by atoms with Crippen LogP contribution in [0.15, 0.2) is 11.4 Å².